The fraction of sp³-hybridized carbons (Fsp3) is 0.400. The van der Waals surface area contributed by atoms with E-state index in [0.29, 0.717) is 12.2 Å². The van der Waals surface area contributed by atoms with Crippen LogP contribution in [0.4, 0.5) is 8.78 Å². The van der Waals surface area contributed by atoms with Crippen LogP contribution >= 0.6 is 0 Å². The van der Waals surface area contributed by atoms with Crippen LogP contribution in [0.15, 0.2) is 18.2 Å². The third-order valence-corrected chi connectivity index (χ3v) is 1.84. The third kappa shape index (κ3) is 2.75. The maximum absolute atomic E-state index is 12.8. The summed E-state index contributed by atoms with van der Waals surface area (Å²) in [5, 5.41) is 0. The molecule has 0 heterocycles. The standard InChI is InChI=1S/C10H13F2NO/c1-2-14-10(6-13)7-3-8(11)5-9(12)4-7/h3-5,10H,2,6,13H2,1H3. The van der Waals surface area contributed by atoms with Gasteiger partial charge in [0.25, 0.3) is 0 Å². The maximum Gasteiger partial charge on any atom is 0.126 e. The number of ether oxygens (including phenoxy) is 1. The zero-order valence-electron chi connectivity index (χ0n) is 7.97. The van der Waals surface area contributed by atoms with Crippen LogP contribution in [-0.2, 0) is 4.74 Å². The molecule has 0 aliphatic carbocycles. The first-order chi connectivity index (χ1) is 6.67. The summed E-state index contributed by atoms with van der Waals surface area (Å²) in [6.45, 7) is 2.47. The average Bonchev–Trinajstić information content (AvgIpc) is 2.12. The van der Waals surface area contributed by atoms with Crippen molar-refractivity contribution >= 4 is 0 Å². The number of halogens is 2. The van der Waals surface area contributed by atoms with E-state index in [9.17, 15) is 8.78 Å². The monoisotopic (exact) mass is 201 g/mol. The smallest absolute Gasteiger partial charge is 0.126 e. The van der Waals surface area contributed by atoms with Gasteiger partial charge in [0.05, 0.1) is 6.10 Å². The zero-order chi connectivity index (χ0) is 10.6. The summed E-state index contributed by atoms with van der Waals surface area (Å²) in [5.74, 6) is -1.23. The lowest BCUT2D eigenvalue weighted by molar-refractivity contribution is 0.0684. The molecule has 4 heteroatoms. The van der Waals surface area contributed by atoms with Gasteiger partial charge in [0.15, 0.2) is 0 Å². The van der Waals surface area contributed by atoms with Crippen LogP contribution in [-0.4, -0.2) is 13.2 Å². The normalized spacial score (nSPS) is 12.9. The first-order valence-electron chi connectivity index (χ1n) is 4.45. The fourth-order valence-corrected chi connectivity index (χ4v) is 1.26. The highest BCUT2D eigenvalue weighted by Crippen LogP contribution is 2.18. The lowest BCUT2D eigenvalue weighted by Crippen LogP contribution is -2.16. The molecule has 1 rings (SSSR count). The Morgan fingerprint density at radius 2 is 1.86 bits per heavy atom. The maximum atomic E-state index is 12.8. The number of hydrogen-bond acceptors (Lipinski definition) is 2. The molecule has 0 radical (unpaired) electrons. The molecule has 0 aromatic heterocycles. The SMILES string of the molecule is CCOC(CN)c1cc(F)cc(F)c1. The fourth-order valence-electron chi connectivity index (χ4n) is 1.26. The summed E-state index contributed by atoms with van der Waals surface area (Å²) >= 11 is 0. The van der Waals surface area contributed by atoms with E-state index in [1.807, 2.05) is 0 Å². The Morgan fingerprint density at radius 3 is 2.29 bits per heavy atom. The summed E-state index contributed by atoms with van der Waals surface area (Å²) in [7, 11) is 0. The molecular weight excluding hydrogens is 188 g/mol. The van der Waals surface area contributed by atoms with Crippen molar-refractivity contribution in [1.29, 1.82) is 0 Å². The molecule has 2 N–H and O–H groups in total. The van der Waals surface area contributed by atoms with Gasteiger partial charge in [0.2, 0.25) is 0 Å². The largest absolute Gasteiger partial charge is 0.372 e. The van der Waals surface area contributed by atoms with Gasteiger partial charge in [-0.3, -0.25) is 0 Å². The molecule has 0 fully saturated rings. The Morgan fingerprint density at radius 1 is 1.29 bits per heavy atom. The van der Waals surface area contributed by atoms with Gasteiger partial charge in [-0.15, -0.1) is 0 Å². The van der Waals surface area contributed by atoms with E-state index in [0.717, 1.165) is 6.07 Å². The van der Waals surface area contributed by atoms with Crippen molar-refractivity contribution in [2.24, 2.45) is 5.73 Å². The molecule has 0 aliphatic rings. The van der Waals surface area contributed by atoms with E-state index < -0.39 is 17.7 Å². The summed E-state index contributed by atoms with van der Waals surface area (Å²) in [4.78, 5) is 0. The molecule has 0 saturated carbocycles. The van der Waals surface area contributed by atoms with Crippen LogP contribution in [0, 0.1) is 11.6 Å². The molecule has 14 heavy (non-hydrogen) atoms. The van der Waals surface area contributed by atoms with E-state index in [1.54, 1.807) is 6.92 Å². The van der Waals surface area contributed by atoms with Crippen molar-refractivity contribution in [2.75, 3.05) is 13.2 Å². The highest BCUT2D eigenvalue weighted by Gasteiger charge is 2.11. The predicted molar refractivity (Wildman–Crippen MR) is 49.8 cm³/mol. The molecule has 1 aromatic rings. The van der Waals surface area contributed by atoms with Crippen molar-refractivity contribution in [1.82, 2.24) is 0 Å². The predicted octanol–water partition coefficient (Wildman–Crippen LogP) is 2.00. The Hall–Kier alpha value is -1.00. The van der Waals surface area contributed by atoms with Gasteiger partial charge in [0, 0.05) is 19.2 Å². The van der Waals surface area contributed by atoms with Crippen molar-refractivity contribution < 1.29 is 13.5 Å². The Balaban J connectivity index is 2.91. The lowest BCUT2D eigenvalue weighted by atomic mass is 10.1. The van der Waals surface area contributed by atoms with Gasteiger partial charge >= 0.3 is 0 Å². The molecule has 0 aliphatic heterocycles. The number of hydrogen-bond donors (Lipinski definition) is 1. The molecular formula is C10H13F2NO. The molecule has 0 saturated heterocycles. The first-order valence-corrected chi connectivity index (χ1v) is 4.45. The van der Waals surface area contributed by atoms with Gasteiger partial charge in [-0.25, -0.2) is 8.78 Å². The Labute approximate surface area is 81.7 Å². The van der Waals surface area contributed by atoms with Crippen LogP contribution < -0.4 is 5.73 Å². The van der Waals surface area contributed by atoms with Crippen molar-refractivity contribution in [3.05, 3.63) is 35.4 Å². The molecule has 0 amide bonds. The number of nitrogens with two attached hydrogens (primary N) is 1. The average molecular weight is 201 g/mol. The second kappa shape index (κ2) is 5.02. The van der Waals surface area contributed by atoms with E-state index >= 15 is 0 Å². The van der Waals surface area contributed by atoms with Crippen LogP contribution in [0.5, 0.6) is 0 Å². The Bertz CT molecular complexity index is 284. The summed E-state index contributed by atoms with van der Waals surface area (Å²) in [6, 6.07) is 3.29. The van der Waals surface area contributed by atoms with Gasteiger partial charge < -0.3 is 10.5 Å². The lowest BCUT2D eigenvalue weighted by Gasteiger charge is -2.15. The first kappa shape index (κ1) is 11.1. The quantitative estimate of drug-likeness (QED) is 0.808. The number of rotatable bonds is 4. The van der Waals surface area contributed by atoms with Crippen molar-refractivity contribution in [2.45, 2.75) is 13.0 Å². The number of benzene rings is 1. The minimum absolute atomic E-state index is 0.205. The summed E-state index contributed by atoms with van der Waals surface area (Å²) in [5.41, 5.74) is 5.86. The molecule has 0 bridgehead atoms. The van der Waals surface area contributed by atoms with Crippen molar-refractivity contribution in [3.63, 3.8) is 0 Å². The highest BCUT2D eigenvalue weighted by molar-refractivity contribution is 5.20. The zero-order valence-corrected chi connectivity index (χ0v) is 7.97. The third-order valence-electron chi connectivity index (χ3n) is 1.84. The molecule has 1 unspecified atom stereocenters. The molecule has 1 aromatic carbocycles. The van der Waals surface area contributed by atoms with E-state index in [1.165, 1.54) is 12.1 Å². The second-order valence-electron chi connectivity index (χ2n) is 2.88. The minimum Gasteiger partial charge on any atom is -0.372 e. The van der Waals surface area contributed by atoms with Crippen LogP contribution in [0.25, 0.3) is 0 Å². The Kier molecular flexibility index (Phi) is 3.98. The van der Waals surface area contributed by atoms with E-state index in [4.69, 9.17) is 10.5 Å². The molecule has 2 nitrogen and oxygen atoms in total. The van der Waals surface area contributed by atoms with Gasteiger partial charge in [-0.1, -0.05) is 0 Å². The minimum atomic E-state index is -0.613. The van der Waals surface area contributed by atoms with Gasteiger partial charge in [-0.2, -0.15) is 0 Å². The van der Waals surface area contributed by atoms with E-state index in [-0.39, 0.29) is 6.54 Å². The van der Waals surface area contributed by atoms with Crippen LogP contribution in [0.3, 0.4) is 0 Å². The van der Waals surface area contributed by atoms with Crippen molar-refractivity contribution in [3.8, 4) is 0 Å². The van der Waals surface area contributed by atoms with Crippen LogP contribution in [0.2, 0.25) is 0 Å². The molecule has 78 valence electrons. The van der Waals surface area contributed by atoms with Gasteiger partial charge in [0.1, 0.15) is 11.6 Å². The molecule has 0 spiro atoms. The highest BCUT2D eigenvalue weighted by atomic mass is 19.1. The van der Waals surface area contributed by atoms with E-state index in [2.05, 4.69) is 0 Å². The summed E-state index contributed by atoms with van der Waals surface area (Å²) in [6.07, 6.45) is -0.440. The topological polar surface area (TPSA) is 35.2 Å². The summed E-state index contributed by atoms with van der Waals surface area (Å²) < 4.78 is 30.9. The molecule has 1 atom stereocenters. The van der Waals surface area contributed by atoms with Gasteiger partial charge in [-0.05, 0) is 24.6 Å². The second-order valence-corrected chi connectivity index (χ2v) is 2.88. The van der Waals surface area contributed by atoms with Crippen LogP contribution in [0.1, 0.15) is 18.6 Å².